The summed E-state index contributed by atoms with van der Waals surface area (Å²) in [4.78, 5) is 35.7. The quantitative estimate of drug-likeness (QED) is 0.652. The predicted octanol–water partition coefficient (Wildman–Crippen LogP) is 2.86. The van der Waals surface area contributed by atoms with Crippen molar-refractivity contribution in [1.82, 2.24) is 10.6 Å². The van der Waals surface area contributed by atoms with Gasteiger partial charge in [0.1, 0.15) is 0 Å². The van der Waals surface area contributed by atoms with Crippen molar-refractivity contribution in [1.29, 1.82) is 0 Å². The molecule has 1 aliphatic carbocycles. The van der Waals surface area contributed by atoms with Crippen LogP contribution in [-0.2, 0) is 14.4 Å². The van der Waals surface area contributed by atoms with Gasteiger partial charge in [0.05, 0.1) is 0 Å². The summed E-state index contributed by atoms with van der Waals surface area (Å²) in [6.07, 6.45) is 6.72. The van der Waals surface area contributed by atoms with Crippen molar-refractivity contribution in [2.24, 2.45) is 0 Å². The molecule has 2 amide bonds. The molecule has 0 heterocycles. The van der Waals surface area contributed by atoms with E-state index in [1.54, 1.807) is 18.2 Å². The Morgan fingerprint density at radius 1 is 1.08 bits per heavy atom. The lowest BCUT2D eigenvalue weighted by Gasteiger charge is -2.17. The average molecular weight is 360 g/mol. The third-order valence-electron chi connectivity index (χ3n) is 4.73. The van der Waals surface area contributed by atoms with Crippen LogP contribution in [0.5, 0.6) is 0 Å². The molecular formula is C20H28N2O4. The fourth-order valence-corrected chi connectivity index (χ4v) is 3.32. The molecule has 2 rings (SSSR count). The predicted molar refractivity (Wildman–Crippen MR) is 98.6 cm³/mol. The van der Waals surface area contributed by atoms with Crippen molar-refractivity contribution in [3.63, 3.8) is 0 Å². The molecule has 1 aliphatic rings. The first-order valence-corrected chi connectivity index (χ1v) is 9.34. The first-order chi connectivity index (χ1) is 12.5. The van der Waals surface area contributed by atoms with Gasteiger partial charge in [-0.25, -0.2) is 4.79 Å². The van der Waals surface area contributed by atoms with Crippen LogP contribution in [0.1, 0.15) is 68.5 Å². The topological polar surface area (TPSA) is 95.5 Å². The van der Waals surface area contributed by atoms with E-state index >= 15 is 0 Å². The lowest BCUT2D eigenvalue weighted by Crippen LogP contribution is -2.37. The summed E-state index contributed by atoms with van der Waals surface area (Å²) in [6, 6.07) is 6.12. The minimum Gasteiger partial charge on any atom is -0.479 e. The fraction of sp³-hybridized carbons (Fsp3) is 0.550. The van der Waals surface area contributed by atoms with Crippen LogP contribution >= 0.6 is 0 Å². The minimum atomic E-state index is -1.12. The number of carboxylic acid groups (broad SMARTS) is 1. The summed E-state index contributed by atoms with van der Waals surface area (Å²) in [5.74, 6) is -1.70. The van der Waals surface area contributed by atoms with E-state index in [1.165, 1.54) is 12.8 Å². The maximum atomic E-state index is 12.1. The second kappa shape index (κ2) is 9.94. The Hall–Kier alpha value is -2.37. The number of rotatable bonds is 7. The van der Waals surface area contributed by atoms with Crippen molar-refractivity contribution in [3.05, 3.63) is 35.4 Å². The van der Waals surface area contributed by atoms with Crippen LogP contribution in [0.25, 0.3) is 0 Å². The van der Waals surface area contributed by atoms with Crippen molar-refractivity contribution in [3.8, 4) is 0 Å². The van der Waals surface area contributed by atoms with Crippen LogP contribution in [0.3, 0.4) is 0 Å². The summed E-state index contributed by atoms with van der Waals surface area (Å²) in [6.45, 7) is 1.86. The molecule has 1 aromatic carbocycles. The van der Waals surface area contributed by atoms with Crippen molar-refractivity contribution in [2.45, 2.75) is 70.4 Å². The highest BCUT2D eigenvalue weighted by molar-refractivity contribution is 5.87. The Balaban J connectivity index is 1.82. The van der Waals surface area contributed by atoms with Gasteiger partial charge in [-0.2, -0.15) is 0 Å². The molecule has 1 aromatic rings. The van der Waals surface area contributed by atoms with Gasteiger partial charge >= 0.3 is 5.97 Å². The SMILES string of the molecule is Cc1cccc([C@H](NC(=O)CCC(=O)NC2CCCCCC2)C(=O)O)c1. The Labute approximate surface area is 154 Å². The highest BCUT2D eigenvalue weighted by atomic mass is 16.4. The second-order valence-corrected chi connectivity index (χ2v) is 7.01. The highest BCUT2D eigenvalue weighted by Crippen LogP contribution is 2.18. The van der Waals surface area contributed by atoms with E-state index in [1.807, 2.05) is 13.0 Å². The van der Waals surface area contributed by atoms with Gasteiger partial charge < -0.3 is 15.7 Å². The van der Waals surface area contributed by atoms with Gasteiger partial charge in [-0.15, -0.1) is 0 Å². The molecule has 0 radical (unpaired) electrons. The first-order valence-electron chi connectivity index (χ1n) is 9.34. The van der Waals surface area contributed by atoms with Crippen molar-refractivity contribution < 1.29 is 19.5 Å². The number of carbonyl (C=O) groups is 3. The van der Waals surface area contributed by atoms with Gasteiger partial charge in [-0.3, -0.25) is 9.59 Å². The average Bonchev–Trinajstić information content (AvgIpc) is 2.86. The van der Waals surface area contributed by atoms with Crippen LogP contribution in [0, 0.1) is 6.92 Å². The lowest BCUT2D eigenvalue weighted by atomic mass is 10.0. The Morgan fingerprint density at radius 2 is 1.73 bits per heavy atom. The zero-order chi connectivity index (χ0) is 18.9. The van der Waals surface area contributed by atoms with E-state index < -0.39 is 17.9 Å². The standard InChI is InChI=1S/C20H28N2O4/c1-14-7-6-8-15(13-14)19(20(25)26)22-18(24)12-11-17(23)21-16-9-4-2-3-5-10-16/h6-8,13,16,19H,2-5,9-12H2,1H3,(H,21,23)(H,22,24)(H,25,26)/t19-/m0/s1. The second-order valence-electron chi connectivity index (χ2n) is 7.01. The molecule has 1 atom stereocenters. The van der Waals surface area contributed by atoms with Crippen LogP contribution in [0.15, 0.2) is 24.3 Å². The van der Waals surface area contributed by atoms with E-state index in [-0.39, 0.29) is 24.8 Å². The van der Waals surface area contributed by atoms with Gasteiger partial charge in [0.2, 0.25) is 11.8 Å². The molecule has 3 N–H and O–H groups in total. The number of amides is 2. The Bertz CT molecular complexity index is 636. The van der Waals surface area contributed by atoms with Crippen LogP contribution in [0.2, 0.25) is 0 Å². The zero-order valence-electron chi connectivity index (χ0n) is 15.3. The zero-order valence-corrected chi connectivity index (χ0v) is 15.3. The third kappa shape index (κ3) is 6.50. The molecular weight excluding hydrogens is 332 g/mol. The lowest BCUT2D eigenvalue weighted by molar-refractivity contribution is -0.142. The molecule has 6 heteroatoms. The molecule has 142 valence electrons. The maximum absolute atomic E-state index is 12.1. The maximum Gasteiger partial charge on any atom is 0.330 e. The normalized spacial score (nSPS) is 16.3. The number of benzene rings is 1. The molecule has 0 aliphatic heterocycles. The number of hydrogen-bond acceptors (Lipinski definition) is 3. The van der Waals surface area contributed by atoms with Crippen LogP contribution < -0.4 is 10.6 Å². The van der Waals surface area contributed by atoms with Crippen molar-refractivity contribution >= 4 is 17.8 Å². The molecule has 6 nitrogen and oxygen atoms in total. The van der Waals surface area contributed by atoms with Gasteiger partial charge in [-0.1, -0.05) is 55.5 Å². The van der Waals surface area contributed by atoms with Gasteiger partial charge in [0, 0.05) is 18.9 Å². The molecule has 0 unspecified atom stereocenters. The number of aliphatic carboxylic acids is 1. The number of carboxylic acids is 1. The molecule has 0 aromatic heterocycles. The monoisotopic (exact) mass is 360 g/mol. The number of nitrogens with one attached hydrogen (secondary N) is 2. The summed E-state index contributed by atoms with van der Waals surface area (Å²) < 4.78 is 0. The highest BCUT2D eigenvalue weighted by Gasteiger charge is 2.22. The van der Waals surface area contributed by atoms with Gasteiger partial charge in [0.15, 0.2) is 6.04 Å². The van der Waals surface area contributed by atoms with Gasteiger partial charge in [-0.05, 0) is 25.3 Å². The van der Waals surface area contributed by atoms with Crippen LogP contribution in [0.4, 0.5) is 0 Å². The fourth-order valence-electron chi connectivity index (χ4n) is 3.32. The van der Waals surface area contributed by atoms with E-state index in [0.717, 1.165) is 31.2 Å². The molecule has 1 fully saturated rings. The summed E-state index contributed by atoms with van der Waals surface area (Å²) in [5, 5.41) is 14.9. The molecule has 26 heavy (non-hydrogen) atoms. The summed E-state index contributed by atoms with van der Waals surface area (Å²) >= 11 is 0. The molecule has 0 saturated heterocycles. The largest absolute Gasteiger partial charge is 0.479 e. The Kier molecular flexibility index (Phi) is 7.63. The van der Waals surface area contributed by atoms with Gasteiger partial charge in [0.25, 0.3) is 0 Å². The van der Waals surface area contributed by atoms with E-state index in [9.17, 15) is 19.5 Å². The third-order valence-corrected chi connectivity index (χ3v) is 4.73. The molecule has 0 spiro atoms. The van der Waals surface area contributed by atoms with Crippen molar-refractivity contribution in [2.75, 3.05) is 0 Å². The minimum absolute atomic E-state index is 0.0197. The number of aryl methyl sites for hydroxylation is 1. The van der Waals surface area contributed by atoms with E-state index in [4.69, 9.17) is 0 Å². The van der Waals surface area contributed by atoms with Crippen LogP contribution in [-0.4, -0.2) is 28.9 Å². The molecule has 0 bridgehead atoms. The van der Waals surface area contributed by atoms with E-state index in [2.05, 4.69) is 10.6 Å². The summed E-state index contributed by atoms with van der Waals surface area (Å²) in [7, 11) is 0. The smallest absolute Gasteiger partial charge is 0.330 e. The number of carbonyl (C=O) groups excluding carboxylic acids is 2. The number of hydrogen-bond donors (Lipinski definition) is 3. The first kappa shape index (κ1) is 19.9. The Morgan fingerprint density at radius 3 is 2.35 bits per heavy atom. The molecule has 1 saturated carbocycles. The summed E-state index contributed by atoms with van der Waals surface area (Å²) in [5.41, 5.74) is 1.44. The van der Waals surface area contributed by atoms with E-state index in [0.29, 0.717) is 5.56 Å².